The number of para-hydroxylation sites is 1. The lowest BCUT2D eigenvalue weighted by atomic mass is 10.2. The van der Waals surface area contributed by atoms with Crippen LogP contribution in [0.25, 0.3) is 0 Å². The SMILES string of the molecule is CCOc1cc(/C=N/NC(=O)c2ccccc2OCc2ccccc2)ccc1OC. The van der Waals surface area contributed by atoms with E-state index in [1.807, 2.05) is 49.4 Å². The van der Waals surface area contributed by atoms with Crippen molar-refractivity contribution in [2.24, 2.45) is 5.10 Å². The minimum Gasteiger partial charge on any atom is -0.493 e. The van der Waals surface area contributed by atoms with Gasteiger partial charge in [-0.15, -0.1) is 0 Å². The Morgan fingerprint density at radius 3 is 2.47 bits per heavy atom. The normalized spacial score (nSPS) is 10.6. The first-order valence-corrected chi connectivity index (χ1v) is 9.61. The zero-order valence-electron chi connectivity index (χ0n) is 17.0. The highest BCUT2D eigenvalue weighted by molar-refractivity contribution is 5.97. The van der Waals surface area contributed by atoms with Gasteiger partial charge in [0.15, 0.2) is 11.5 Å². The first-order chi connectivity index (χ1) is 14.7. The molecule has 3 rings (SSSR count). The monoisotopic (exact) mass is 404 g/mol. The fourth-order valence-electron chi connectivity index (χ4n) is 2.78. The van der Waals surface area contributed by atoms with Gasteiger partial charge >= 0.3 is 0 Å². The number of nitrogens with zero attached hydrogens (tertiary/aromatic N) is 1. The number of carbonyl (C=O) groups excluding carboxylic acids is 1. The van der Waals surface area contributed by atoms with Crippen LogP contribution in [-0.2, 0) is 6.61 Å². The lowest BCUT2D eigenvalue weighted by Crippen LogP contribution is -2.18. The lowest BCUT2D eigenvalue weighted by Gasteiger charge is -2.10. The third-order valence-electron chi connectivity index (χ3n) is 4.24. The maximum atomic E-state index is 12.6. The molecule has 3 aromatic rings. The molecule has 0 spiro atoms. The van der Waals surface area contributed by atoms with Crippen molar-refractivity contribution in [3.8, 4) is 17.2 Å². The molecule has 0 saturated carbocycles. The number of rotatable bonds is 9. The number of ether oxygens (including phenoxy) is 3. The number of hydrogen-bond donors (Lipinski definition) is 1. The fraction of sp³-hybridized carbons (Fsp3) is 0.167. The summed E-state index contributed by atoms with van der Waals surface area (Å²) < 4.78 is 16.7. The summed E-state index contributed by atoms with van der Waals surface area (Å²) >= 11 is 0. The van der Waals surface area contributed by atoms with Crippen molar-refractivity contribution in [2.75, 3.05) is 13.7 Å². The van der Waals surface area contributed by atoms with Crippen molar-refractivity contribution in [2.45, 2.75) is 13.5 Å². The molecule has 0 unspecified atom stereocenters. The molecule has 0 aliphatic heterocycles. The molecule has 154 valence electrons. The van der Waals surface area contributed by atoms with Crippen LogP contribution >= 0.6 is 0 Å². The highest BCUT2D eigenvalue weighted by Gasteiger charge is 2.11. The molecule has 0 bridgehead atoms. The molecule has 1 amide bonds. The Morgan fingerprint density at radius 2 is 1.70 bits per heavy atom. The molecule has 0 aromatic heterocycles. The van der Waals surface area contributed by atoms with Crippen LogP contribution in [0.15, 0.2) is 77.9 Å². The van der Waals surface area contributed by atoms with Crippen LogP contribution in [0.5, 0.6) is 17.2 Å². The van der Waals surface area contributed by atoms with E-state index in [0.717, 1.165) is 11.1 Å². The standard InChI is InChI=1S/C24H24N2O4/c1-3-29-23-15-19(13-14-22(23)28-2)16-25-26-24(27)20-11-7-8-12-21(20)30-17-18-9-5-4-6-10-18/h4-16H,3,17H2,1-2H3,(H,26,27)/b25-16+. The van der Waals surface area contributed by atoms with Crippen LogP contribution in [0.3, 0.4) is 0 Å². The van der Waals surface area contributed by atoms with Crippen molar-refractivity contribution in [3.63, 3.8) is 0 Å². The zero-order chi connectivity index (χ0) is 21.2. The minimum absolute atomic E-state index is 0.353. The summed E-state index contributed by atoms with van der Waals surface area (Å²) in [7, 11) is 1.59. The third kappa shape index (κ3) is 5.61. The third-order valence-corrected chi connectivity index (χ3v) is 4.24. The van der Waals surface area contributed by atoms with Gasteiger partial charge in [-0.25, -0.2) is 5.43 Å². The molecule has 30 heavy (non-hydrogen) atoms. The second-order valence-electron chi connectivity index (χ2n) is 6.31. The summed E-state index contributed by atoms with van der Waals surface area (Å²) in [6, 6.07) is 22.3. The Balaban J connectivity index is 1.66. The van der Waals surface area contributed by atoms with E-state index in [1.54, 1.807) is 43.7 Å². The zero-order valence-corrected chi connectivity index (χ0v) is 17.0. The van der Waals surface area contributed by atoms with Crippen molar-refractivity contribution in [3.05, 3.63) is 89.5 Å². The topological polar surface area (TPSA) is 69.2 Å². The van der Waals surface area contributed by atoms with E-state index < -0.39 is 0 Å². The van der Waals surface area contributed by atoms with E-state index in [4.69, 9.17) is 14.2 Å². The molecule has 6 heteroatoms. The van der Waals surface area contributed by atoms with Gasteiger partial charge in [0.25, 0.3) is 5.91 Å². The molecule has 0 heterocycles. The Labute approximate surface area is 176 Å². The Bertz CT molecular complexity index is 1000. The average Bonchev–Trinajstić information content (AvgIpc) is 2.79. The van der Waals surface area contributed by atoms with Crippen molar-refractivity contribution in [1.29, 1.82) is 0 Å². The summed E-state index contributed by atoms with van der Waals surface area (Å²) in [6.07, 6.45) is 1.55. The molecule has 0 atom stereocenters. The molecule has 6 nitrogen and oxygen atoms in total. The number of carbonyl (C=O) groups is 1. The predicted molar refractivity (Wildman–Crippen MR) is 116 cm³/mol. The first-order valence-electron chi connectivity index (χ1n) is 9.61. The molecule has 1 N–H and O–H groups in total. The molecular weight excluding hydrogens is 380 g/mol. The van der Waals surface area contributed by atoms with E-state index in [0.29, 0.717) is 36.0 Å². The molecule has 0 aliphatic rings. The van der Waals surface area contributed by atoms with E-state index in [-0.39, 0.29) is 5.91 Å². The van der Waals surface area contributed by atoms with E-state index in [2.05, 4.69) is 10.5 Å². The summed E-state index contributed by atoms with van der Waals surface area (Å²) in [6.45, 7) is 2.80. The fourth-order valence-corrected chi connectivity index (χ4v) is 2.78. The van der Waals surface area contributed by atoms with Gasteiger partial charge in [-0.3, -0.25) is 4.79 Å². The van der Waals surface area contributed by atoms with Gasteiger partial charge < -0.3 is 14.2 Å². The van der Waals surface area contributed by atoms with Crippen LogP contribution in [0.1, 0.15) is 28.4 Å². The number of methoxy groups -OCH3 is 1. The Hall–Kier alpha value is -3.80. The van der Waals surface area contributed by atoms with Gasteiger partial charge in [-0.05, 0) is 48.4 Å². The van der Waals surface area contributed by atoms with Crippen LogP contribution in [0.2, 0.25) is 0 Å². The Kier molecular flexibility index (Phi) is 7.44. The molecule has 0 fully saturated rings. The summed E-state index contributed by atoms with van der Waals surface area (Å²) in [5.41, 5.74) is 4.75. The van der Waals surface area contributed by atoms with E-state index in [9.17, 15) is 4.79 Å². The second kappa shape index (κ2) is 10.7. The highest BCUT2D eigenvalue weighted by atomic mass is 16.5. The van der Waals surface area contributed by atoms with Crippen molar-refractivity contribution < 1.29 is 19.0 Å². The van der Waals surface area contributed by atoms with Crippen molar-refractivity contribution in [1.82, 2.24) is 5.43 Å². The van der Waals surface area contributed by atoms with Crippen molar-refractivity contribution >= 4 is 12.1 Å². The number of amides is 1. The second-order valence-corrected chi connectivity index (χ2v) is 6.31. The summed E-state index contributed by atoms with van der Waals surface area (Å²) in [4.78, 5) is 12.6. The number of hydrogen-bond acceptors (Lipinski definition) is 5. The maximum Gasteiger partial charge on any atom is 0.275 e. The van der Waals surface area contributed by atoms with Gasteiger partial charge in [-0.2, -0.15) is 5.10 Å². The lowest BCUT2D eigenvalue weighted by molar-refractivity contribution is 0.0950. The smallest absolute Gasteiger partial charge is 0.275 e. The predicted octanol–water partition coefficient (Wildman–Crippen LogP) is 4.44. The first kappa shape index (κ1) is 20.9. The van der Waals surface area contributed by atoms with Crippen LogP contribution < -0.4 is 19.6 Å². The van der Waals surface area contributed by atoms with Gasteiger partial charge in [0.2, 0.25) is 0 Å². The number of benzene rings is 3. The minimum atomic E-state index is -0.353. The van der Waals surface area contributed by atoms with Crippen LogP contribution in [-0.4, -0.2) is 25.8 Å². The molecule has 3 aromatic carbocycles. The van der Waals surface area contributed by atoms with E-state index in [1.165, 1.54) is 0 Å². The molecule has 0 aliphatic carbocycles. The molecule has 0 saturated heterocycles. The van der Waals surface area contributed by atoms with Crippen LogP contribution in [0.4, 0.5) is 0 Å². The molecular formula is C24H24N2O4. The largest absolute Gasteiger partial charge is 0.493 e. The van der Waals surface area contributed by atoms with Gasteiger partial charge in [-0.1, -0.05) is 42.5 Å². The Morgan fingerprint density at radius 1 is 0.933 bits per heavy atom. The van der Waals surface area contributed by atoms with E-state index >= 15 is 0 Å². The number of hydrazone groups is 1. The van der Waals surface area contributed by atoms with Crippen LogP contribution in [0, 0.1) is 0 Å². The van der Waals surface area contributed by atoms with Gasteiger partial charge in [0, 0.05) is 0 Å². The van der Waals surface area contributed by atoms with Gasteiger partial charge in [0.05, 0.1) is 25.5 Å². The van der Waals surface area contributed by atoms with Gasteiger partial charge in [0.1, 0.15) is 12.4 Å². The molecule has 0 radical (unpaired) electrons. The quantitative estimate of drug-likeness (QED) is 0.423. The highest BCUT2D eigenvalue weighted by Crippen LogP contribution is 2.27. The summed E-state index contributed by atoms with van der Waals surface area (Å²) in [5, 5.41) is 4.06. The number of nitrogens with one attached hydrogen (secondary N) is 1. The maximum absolute atomic E-state index is 12.6. The average molecular weight is 404 g/mol. The summed E-state index contributed by atoms with van der Waals surface area (Å²) in [5.74, 6) is 1.41.